The van der Waals surface area contributed by atoms with Crippen molar-refractivity contribution in [3.05, 3.63) is 34.3 Å². The van der Waals surface area contributed by atoms with Gasteiger partial charge in [-0.05, 0) is 12.1 Å². The summed E-state index contributed by atoms with van der Waals surface area (Å²) in [7, 11) is 0. The maximum atomic E-state index is 13.9. The first-order chi connectivity index (χ1) is 13.7. The zero-order chi connectivity index (χ0) is 26.0. The normalized spacial score (nSPS) is 15.8. The van der Waals surface area contributed by atoms with E-state index in [2.05, 4.69) is 15.9 Å². The third kappa shape index (κ3) is 3.59. The van der Waals surface area contributed by atoms with Crippen molar-refractivity contribution in [3.8, 4) is 0 Å². The van der Waals surface area contributed by atoms with E-state index >= 15 is 0 Å². The van der Waals surface area contributed by atoms with E-state index in [1.54, 1.807) is 0 Å². The van der Waals surface area contributed by atoms with Crippen molar-refractivity contribution in [1.82, 2.24) is 0 Å². The van der Waals surface area contributed by atoms with Crippen LogP contribution in [-0.4, -0.2) is 41.7 Å². The smallest absolute Gasteiger partial charge is 0.194 e. The van der Waals surface area contributed by atoms with E-state index < -0.39 is 57.7 Å². The second-order valence-corrected chi connectivity index (χ2v) is 6.94. The van der Waals surface area contributed by atoms with Gasteiger partial charge in [-0.2, -0.15) is 74.6 Å². The Balaban J connectivity index is 3.72. The summed E-state index contributed by atoms with van der Waals surface area (Å²) < 4.78 is 223. The van der Waals surface area contributed by atoms with E-state index in [0.717, 1.165) is 6.07 Å². The largest absolute Gasteiger partial charge is 0.460 e. The van der Waals surface area contributed by atoms with E-state index in [0.29, 0.717) is 6.07 Å². The van der Waals surface area contributed by atoms with Crippen molar-refractivity contribution in [1.29, 1.82) is 0 Å². The molecule has 0 saturated carbocycles. The molecular formula is C14H4BrF17. The Kier molecular flexibility index (Phi) is 6.70. The number of alkyl halides is 17. The lowest BCUT2D eigenvalue weighted by atomic mass is 9.87. The molecule has 0 nitrogen and oxygen atoms in total. The van der Waals surface area contributed by atoms with E-state index in [1.165, 1.54) is 0 Å². The van der Waals surface area contributed by atoms with Crippen LogP contribution >= 0.6 is 15.9 Å². The van der Waals surface area contributed by atoms with Gasteiger partial charge in [0, 0.05) is 10.0 Å². The molecule has 1 aromatic rings. The molecule has 0 atom stereocenters. The van der Waals surface area contributed by atoms with Gasteiger partial charge < -0.3 is 0 Å². The van der Waals surface area contributed by atoms with Crippen LogP contribution in [0.4, 0.5) is 74.6 Å². The standard InChI is InChI=1S/C14H4BrF17/c15-6-3-1-2-5(4-6)7(16,17)8(18,19)9(20,21)10(22,23)11(24,25)12(26,27)13(28,29)14(30,31)32/h1-4H. The molecule has 1 aromatic carbocycles. The van der Waals surface area contributed by atoms with Crippen molar-refractivity contribution < 1.29 is 74.6 Å². The predicted molar refractivity (Wildman–Crippen MR) is 73.8 cm³/mol. The average Bonchev–Trinajstić information content (AvgIpc) is 2.59. The van der Waals surface area contributed by atoms with Gasteiger partial charge in [0.1, 0.15) is 0 Å². The van der Waals surface area contributed by atoms with Gasteiger partial charge >= 0.3 is 47.6 Å². The van der Waals surface area contributed by atoms with Gasteiger partial charge in [-0.3, -0.25) is 0 Å². The van der Waals surface area contributed by atoms with Crippen LogP contribution in [0.25, 0.3) is 0 Å². The molecule has 0 aliphatic carbocycles. The second kappa shape index (κ2) is 7.51. The number of hydrogen-bond acceptors (Lipinski definition) is 0. The molecule has 18 heteroatoms. The van der Waals surface area contributed by atoms with Gasteiger partial charge in [0.2, 0.25) is 0 Å². The van der Waals surface area contributed by atoms with Gasteiger partial charge in [-0.1, -0.05) is 28.1 Å². The van der Waals surface area contributed by atoms with Crippen LogP contribution in [0.2, 0.25) is 0 Å². The summed E-state index contributed by atoms with van der Waals surface area (Å²) >= 11 is 2.39. The summed E-state index contributed by atoms with van der Waals surface area (Å²) in [5, 5.41) is 0. The minimum Gasteiger partial charge on any atom is -0.194 e. The van der Waals surface area contributed by atoms with Crippen LogP contribution in [0.15, 0.2) is 28.7 Å². The van der Waals surface area contributed by atoms with Crippen molar-refractivity contribution in [2.75, 3.05) is 0 Å². The van der Waals surface area contributed by atoms with Crippen LogP contribution in [0.3, 0.4) is 0 Å². The molecule has 0 N–H and O–H groups in total. The van der Waals surface area contributed by atoms with Crippen LogP contribution in [0.5, 0.6) is 0 Å². The van der Waals surface area contributed by atoms with Gasteiger partial charge in [0.15, 0.2) is 0 Å². The number of rotatable bonds is 7. The lowest BCUT2D eigenvalue weighted by Gasteiger charge is -2.42. The Hall–Kier alpha value is -1.49. The second-order valence-electron chi connectivity index (χ2n) is 6.03. The molecule has 0 spiro atoms. The highest BCUT2D eigenvalue weighted by Crippen LogP contribution is 2.65. The predicted octanol–water partition coefficient (Wildman–Crippen LogP) is 7.92. The van der Waals surface area contributed by atoms with Crippen molar-refractivity contribution in [2.24, 2.45) is 0 Å². The molecule has 0 aliphatic rings. The van der Waals surface area contributed by atoms with Crippen molar-refractivity contribution >= 4 is 15.9 Å². The summed E-state index contributed by atoms with van der Waals surface area (Å²) in [5.74, 6) is -56.5. The molecule has 0 aromatic heterocycles. The Morgan fingerprint density at radius 1 is 0.469 bits per heavy atom. The fraction of sp³-hybridized carbons (Fsp3) is 0.571. The molecule has 32 heavy (non-hydrogen) atoms. The lowest BCUT2D eigenvalue weighted by molar-refractivity contribution is -0.462. The summed E-state index contributed by atoms with van der Waals surface area (Å²) in [6.07, 6.45) is -7.77. The number of benzene rings is 1. The molecule has 0 unspecified atom stereocenters. The molecule has 186 valence electrons. The van der Waals surface area contributed by atoms with E-state index in [4.69, 9.17) is 0 Å². The van der Waals surface area contributed by atoms with Gasteiger partial charge in [0.25, 0.3) is 0 Å². The highest BCUT2D eigenvalue weighted by Gasteiger charge is 2.95. The average molecular weight is 575 g/mol. The van der Waals surface area contributed by atoms with Crippen molar-refractivity contribution in [3.63, 3.8) is 0 Å². The maximum absolute atomic E-state index is 13.9. The third-order valence-electron chi connectivity index (χ3n) is 3.91. The Morgan fingerprint density at radius 2 is 0.812 bits per heavy atom. The maximum Gasteiger partial charge on any atom is 0.460 e. The lowest BCUT2D eigenvalue weighted by Crippen LogP contribution is -2.74. The molecule has 1 rings (SSSR count). The van der Waals surface area contributed by atoms with Crippen LogP contribution < -0.4 is 0 Å². The molecule has 0 amide bonds. The van der Waals surface area contributed by atoms with Gasteiger partial charge in [-0.25, -0.2) is 0 Å². The Morgan fingerprint density at radius 3 is 1.16 bits per heavy atom. The first kappa shape index (κ1) is 28.5. The van der Waals surface area contributed by atoms with E-state index in [-0.39, 0.29) is 12.1 Å². The molecule has 0 saturated heterocycles. The number of hydrogen-bond donors (Lipinski definition) is 0. The molecule has 0 fully saturated rings. The molecular weight excluding hydrogens is 571 g/mol. The van der Waals surface area contributed by atoms with E-state index in [1.807, 2.05) is 0 Å². The first-order valence-corrected chi connectivity index (χ1v) is 8.02. The fourth-order valence-electron chi connectivity index (χ4n) is 2.03. The monoisotopic (exact) mass is 574 g/mol. The van der Waals surface area contributed by atoms with Crippen molar-refractivity contribution in [2.45, 2.75) is 47.6 Å². The number of halogens is 18. The van der Waals surface area contributed by atoms with Crippen LogP contribution in [0, 0.1) is 0 Å². The minimum absolute atomic E-state index is 0.104. The summed E-state index contributed by atoms with van der Waals surface area (Å²) in [6.45, 7) is 0. The third-order valence-corrected chi connectivity index (χ3v) is 4.40. The van der Waals surface area contributed by atoms with Gasteiger partial charge in [0.05, 0.1) is 0 Å². The molecule has 0 heterocycles. The zero-order valence-corrected chi connectivity index (χ0v) is 15.7. The van der Waals surface area contributed by atoms with Gasteiger partial charge in [-0.15, -0.1) is 0 Å². The summed E-state index contributed by atoms with van der Waals surface area (Å²) in [4.78, 5) is 0. The quantitative estimate of drug-likeness (QED) is 0.290. The minimum atomic E-state index is -8.63. The molecule has 0 aliphatic heterocycles. The molecule has 0 bridgehead atoms. The SMILES string of the molecule is FC(F)(F)C(F)(F)C(F)(F)C(F)(F)C(F)(F)C(F)(F)C(F)(F)C(F)(F)c1cccc(Br)c1. The first-order valence-electron chi connectivity index (χ1n) is 7.22. The highest BCUT2D eigenvalue weighted by atomic mass is 79.9. The fourth-order valence-corrected chi connectivity index (χ4v) is 2.43. The molecule has 0 radical (unpaired) electrons. The van der Waals surface area contributed by atoms with Crippen LogP contribution in [0.1, 0.15) is 5.56 Å². The summed E-state index contributed by atoms with van der Waals surface area (Å²) in [5.41, 5.74) is -2.26. The zero-order valence-electron chi connectivity index (χ0n) is 14.1. The highest BCUT2D eigenvalue weighted by molar-refractivity contribution is 9.10. The Bertz CT molecular complexity index is 838. The van der Waals surface area contributed by atoms with Crippen LogP contribution in [-0.2, 0) is 5.92 Å². The summed E-state index contributed by atoms with van der Waals surface area (Å²) in [6, 6.07) is 1.02. The van der Waals surface area contributed by atoms with E-state index in [9.17, 15) is 74.6 Å². The Labute approximate surface area is 173 Å². The topological polar surface area (TPSA) is 0 Å².